The highest BCUT2D eigenvalue weighted by Crippen LogP contribution is 2.29. The van der Waals surface area contributed by atoms with E-state index in [1.165, 1.54) is 4.90 Å². The molecule has 1 N–H and O–H groups in total. The van der Waals surface area contributed by atoms with E-state index in [0.29, 0.717) is 24.6 Å². The number of nitrogens with zero attached hydrogens (tertiary/aromatic N) is 1. The van der Waals surface area contributed by atoms with E-state index >= 15 is 0 Å². The molecule has 0 aromatic heterocycles. The first-order valence-electron chi connectivity index (χ1n) is 9.56. The average Bonchev–Trinajstić information content (AvgIpc) is 2.68. The lowest BCUT2D eigenvalue weighted by Crippen LogP contribution is -2.51. The molecule has 0 unspecified atom stereocenters. The van der Waals surface area contributed by atoms with Gasteiger partial charge in [0.25, 0.3) is 5.91 Å². The Hall–Kier alpha value is -2.54. The molecule has 1 fully saturated rings. The number of hydrogen-bond acceptors (Lipinski definition) is 3. The minimum Gasteiger partial charge on any atom is -0.488 e. The number of halogens is 3. The Morgan fingerprint density at radius 3 is 2.45 bits per heavy atom. The Morgan fingerprint density at radius 2 is 1.86 bits per heavy atom. The number of rotatable bonds is 4. The molecule has 3 rings (SSSR count). The summed E-state index contributed by atoms with van der Waals surface area (Å²) < 4.78 is 44.0. The highest BCUT2D eigenvalue weighted by molar-refractivity contribution is 5.94. The molecule has 1 aliphatic rings. The maximum atomic E-state index is 12.7. The van der Waals surface area contributed by atoms with Gasteiger partial charge in [-0.05, 0) is 47.9 Å². The standard InChI is InChI=1S/C22H24F3NO3/c1-14(2)16-4-3-5-18(12-16)29-20-10-11-26(13-19(20)27)21(28)15-6-8-17(9-7-15)22(23,24)25/h3-9,12,14,19-20,27H,10-11,13H2,1-2H3/t19-,20-/m1/s1. The van der Waals surface area contributed by atoms with Gasteiger partial charge in [-0.3, -0.25) is 4.79 Å². The molecule has 2 atom stereocenters. The maximum absolute atomic E-state index is 12.7. The zero-order valence-corrected chi connectivity index (χ0v) is 16.3. The molecule has 2 aromatic carbocycles. The second kappa shape index (κ2) is 8.45. The SMILES string of the molecule is CC(C)c1cccc(O[C@@H]2CCN(C(=O)c3ccc(C(F)(F)F)cc3)C[C@H]2O)c1. The highest BCUT2D eigenvalue weighted by atomic mass is 19.4. The lowest BCUT2D eigenvalue weighted by Gasteiger charge is -2.36. The Labute approximate surface area is 167 Å². The van der Waals surface area contributed by atoms with Crippen LogP contribution < -0.4 is 4.74 Å². The van der Waals surface area contributed by atoms with E-state index in [2.05, 4.69) is 13.8 Å². The zero-order valence-electron chi connectivity index (χ0n) is 16.3. The van der Waals surface area contributed by atoms with Gasteiger partial charge in [0.15, 0.2) is 0 Å². The summed E-state index contributed by atoms with van der Waals surface area (Å²) >= 11 is 0. The number of likely N-dealkylation sites (tertiary alicyclic amines) is 1. The van der Waals surface area contributed by atoms with Gasteiger partial charge in [-0.2, -0.15) is 13.2 Å². The lowest BCUT2D eigenvalue weighted by molar-refractivity contribution is -0.137. The molecule has 2 aromatic rings. The van der Waals surface area contributed by atoms with Crippen molar-refractivity contribution in [3.05, 3.63) is 65.2 Å². The fourth-order valence-corrected chi connectivity index (χ4v) is 3.34. The minimum absolute atomic E-state index is 0.0639. The molecule has 156 valence electrons. The normalized spacial score (nSPS) is 20.0. The third-order valence-electron chi connectivity index (χ3n) is 5.08. The quantitative estimate of drug-likeness (QED) is 0.813. The lowest BCUT2D eigenvalue weighted by atomic mass is 10.0. The Kier molecular flexibility index (Phi) is 6.17. The smallest absolute Gasteiger partial charge is 0.416 e. The number of aliphatic hydroxyl groups is 1. The van der Waals surface area contributed by atoms with Gasteiger partial charge in [0, 0.05) is 18.5 Å². The Bertz CT molecular complexity index is 849. The molecule has 0 aliphatic carbocycles. The summed E-state index contributed by atoms with van der Waals surface area (Å²) in [5, 5.41) is 10.5. The summed E-state index contributed by atoms with van der Waals surface area (Å²) in [7, 11) is 0. The van der Waals surface area contributed by atoms with Crippen molar-refractivity contribution in [2.75, 3.05) is 13.1 Å². The fourth-order valence-electron chi connectivity index (χ4n) is 3.34. The van der Waals surface area contributed by atoms with Crippen molar-refractivity contribution in [2.45, 2.75) is 44.6 Å². The van der Waals surface area contributed by atoms with Gasteiger partial charge in [-0.1, -0.05) is 26.0 Å². The van der Waals surface area contributed by atoms with Gasteiger partial charge in [0.2, 0.25) is 0 Å². The van der Waals surface area contributed by atoms with E-state index in [1.807, 2.05) is 24.3 Å². The van der Waals surface area contributed by atoms with Crippen molar-refractivity contribution in [2.24, 2.45) is 0 Å². The van der Waals surface area contributed by atoms with Crippen molar-refractivity contribution >= 4 is 5.91 Å². The van der Waals surface area contributed by atoms with E-state index in [-0.39, 0.29) is 12.1 Å². The Morgan fingerprint density at radius 1 is 1.17 bits per heavy atom. The average molecular weight is 407 g/mol. The van der Waals surface area contributed by atoms with Gasteiger partial charge in [-0.25, -0.2) is 0 Å². The molecular weight excluding hydrogens is 383 g/mol. The molecule has 1 amide bonds. The highest BCUT2D eigenvalue weighted by Gasteiger charge is 2.33. The molecule has 7 heteroatoms. The van der Waals surface area contributed by atoms with E-state index in [0.717, 1.165) is 29.8 Å². The maximum Gasteiger partial charge on any atom is 0.416 e. The van der Waals surface area contributed by atoms with Gasteiger partial charge >= 0.3 is 6.18 Å². The first kappa shape index (κ1) is 21.2. The topological polar surface area (TPSA) is 49.8 Å². The number of aliphatic hydroxyl groups excluding tert-OH is 1. The van der Waals surface area contributed by atoms with E-state index in [9.17, 15) is 23.1 Å². The minimum atomic E-state index is -4.44. The number of β-amino-alcohol motifs (C(OH)–C–C–N with tert-alkyl or cyclic N) is 1. The second-order valence-electron chi connectivity index (χ2n) is 7.57. The Balaban J connectivity index is 1.62. The molecule has 1 heterocycles. The molecule has 1 saturated heterocycles. The fraction of sp³-hybridized carbons (Fsp3) is 0.409. The van der Waals surface area contributed by atoms with Crippen LogP contribution in [0.3, 0.4) is 0 Å². The number of alkyl halides is 3. The van der Waals surface area contributed by atoms with Crippen molar-refractivity contribution in [1.29, 1.82) is 0 Å². The van der Waals surface area contributed by atoms with Crippen LogP contribution in [-0.4, -0.2) is 41.2 Å². The van der Waals surface area contributed by atoms with Crippen LogP contribution in [0.5, 0.6) is 5.75 Å². The first-order valence-corrected chi connectivity index (χ1v) is 9.56. The van der Waals surface area contributed by atoms with Crippen LogP contribution in [0.2, 0.25) is 0 Å². The second-order valence-corrected chi connectivity index (χ2v) is 7.57. The summed E-state index contributed by atoms with van der Waals surface area (Å²) in [4.78, 5) is 14.0. The monoisotopic (exact) mass is 407 g/mol. The largest absolute Gasteiger partial charge is 0.488 e. The molecule has 0 bridgehead atoms. The van der Waals surface area contributed by atoms with Gasteiger partial charge in [0.05, 0.1) is 12.1 Å². The van der Waals surface area contributed by atoms with E-state index in [1.54, 1.807) is 0 Å². The summed E-state index contributed by atoms with van der Waals surface area (Å²) in [6.07, 6.45) is -5.35. The molecule has 4 nitrogen and oxygen atoms in total. The van der Waals surface area contributed by atoms with E-state index in [4.69, 9.17) is 4.74 Å². The first-order chi connectivity index (χ1) is 13.6. The summed E-state index contributed by atoms with van der Waals surface area (Å²) in [5.41, 5.74) is 0.492. The number of ether oxygens (including phenoxy) is 1. The van der Waals surface area contributed by atoms with Crippen molar-refractivity contribution < 1.29 is 27.8 Å². The number of hydrogen-bond donors (Lipinski definition) is 1. The molecule has 0 radical (unpaired) electrons. The van der Waals surface area contributed by atoms with Crippen LogP contribution in [0.1, 0.15) is 47.7 Å². The van der Waals surface area contributed by atoms with Gasteiger partial charge in [0.1, 0.15) is 18.0 Å². The summed E-state index contributed by atoms with van der Waals surface area (Å²) in [6.45, 7) is 4.58. The number of amides is 1. The van der Waals surface area contributed by atoms with Crippen LogP contribution in [0, 0.1) is 0 Å². The van der Waals surface area contributed by atoms with Crippen LogP contribution in [-0.2, 0) is 6.18 Å². The third kappa shape index (κ3) is 5.09. The van der Waals surface area contributed by atoms with Crippen LogP contribution in [0.25, 0.3) is 0 Å². The van der Waals surface area contributed by atoms with Crippen LogP contribution >= 0.6 is 0 Å². The molecular formula is C22H24F3NO3. The summed E-state index contributed by atoms with van der Waals surface area (Å²) in [6, 6.07) is 11.8. The third-order valence-corrected chi connectivity index (χ3v) is 5.08. The van der Waals surface area contributed by atoms with Gasteiger partial charge < -0.3 is 14.7 Å². The van der Waals surface area contributed by atoms with Crippen molar-refractivity contribution in [1.82, 2.24) is 4.90 Å². The molecule has 29 heavy (non-hydrogen) atoms. The molecule has 1 aliphatic heterocycles. The predicted molar refractivity (Wildman–Crippen MR) is 103 cm³/mol. The number of piperidine rings is 1. The van der Waals surface area contributed by atoms with E-state index < -0.39 is 29.9 Å². The number of benzene rings is 2. The summed E-state index contributed by atoms with van der Waals surface area (Å²) in [5.74, 6) is 0.618. The van der Waals surface area contributed by atoms with Gasteiger partial charge in [-0.15, -0.1) is 0 Å². The van der Waals surface area contributed by atoms with Crippen LogP contribution in [0.4, 0.5) is 13.2 Å². The predicted octanol–water partition coefficient (Wildman–Crippen LogP) is 4.48. The number of carbonyl (C=O) groups excluding carboxylic acids is 1. The van der Waals surface area contributed by atoms with Crippen LogP contribution in [0.15, 0.2) is 48.5 Å². The number of carbonyl (C=O) groups is 1. The zero-order chi connectivity index (χ0) is 21.2. The van der Waals surface area contributed by atoms with Crippen molar-refractivity contribution in [3.63, 3.8) is 0 Å². The molecule has 0 spiro atoms. The molecule has 0 saturated carbocycles. The van der Waals surface area contributed by atoms with Crippen molar-refractivity contribution in [3.8, 4) is 5.75 Å².